The van der Waals surface area contributed by atoms with Gasteiger partial charge in [-0.3, -0.25) is 4.98 Å². The first-order chi connectivity index (χ1) is 12.6. The van der Waals surface area contributed by atoms with Crippen molar-refractivity contribution < 1.29 is 12.8 Å². The number of nitrogens with zero attached hydrogens (tertiary/aromatic N) is 5. The Balaban J connectivity index is 1.55. The molecule has 1 aliphatic heterocycles. The molecule has 3 aromatic rings. The number of aromatic nitrogens is 4. The van der Waals surface area contributed by atoms with Crippen LogP contribution < -0.4 is 0 Å². The monoisotopic (exact) mass is 371 g/mol. The Morgan fingerprint density at radius 3 is 2.73 bits per heavy atom. The SMILES string of the molecule is O=S(=O)(c1ccccc1)N1CCC[C@@H](c2nnc(-c3cnccn3)o2)C1. The Hall–Kier alpha value is -2.65. The minimum Gasteiger partial charge on any atom is -0.419 e. The van der Waals surface area contributed by atoms with Crippen LogP contribution in [-0.2, 0) is 10.0 Å². The maximum Gasteiger partial charge on any atom is 0.267 e. The summed E-state index contributed by atoms with van der Waals surface area (Å²) < 4.78 is 32.9. The Labute approximate surface area is 151 Å². The van der Waals surface area contributed by atoms with E-state index >= 15 is 0 Å². The summed E-state index contributed by atoms with van der Waals surface area (Å²) in [6.45, 7) is 0.804. The van der Waals surface area contributed by atoms with Gasteiger partial charge in [0.1, 0.15) is 5.69 Å². The van der Waals surface area contributed by atoms with Crippen molar-refractivity contribution in [2.75, 3.05) is 13.1 Å². The van der Waals surface area contributed by atoms with Crippen molar-refractivity contribution in [2.24, 2.45) is 0 Å². The summed E-state index contributed by atoms with van der Waals surface area (Å²) in [7, 11) is -3.53. The Morgan fingerprint density at radius 1 is 1.12 bits per heavy atom. The molecule has 1 saturated heterocycles. The third kappa shape index (κ3) is 3.23. The highest BCUT2D eigenvalue weighted by Gasteiger charge is 2.33. The molecule has 2 aromatic heterocycles. The molecule has 26 heavy (non-hydrogen) atoms. The highest BCUT2D eigenvalue weighted by atomic mass is 32.2. The van der Waals surface area contributed by atoms with E-state index in [1.165, 1.54) is 4.31 Å². The molecule has 0 aliphatic carbocycles. The van der Waals surface area contributed by atoms with Gasteiger partial charge in [0.05, 0.1) is 17.0 Å². The van der Waals surface area contributed by atoms with Crippen molar-refractivity contribution in [3.63, 3.8) is 0 Å². The second kappa shape index (κ2) is 6.93. The number of rotatable bonds is 4. The highest BCUT2D eigenvalue weighted by Crippen LogP contribution is 2.30. The van der Waals surface area contributed by atoms with Crippen LogP contribution in [0.15, 0.2) is 58.2 Å². The summed E-state index contributed by atoms with van der Waals surface area (Å²) in [5, 5.41) is 8.12. The van der Waals surface area contributed by atoms with Gasteiger partial charge in [0.25, 0.3) is 5.89 Å². The first-order valence-electron chi connectivity index (χ1n) is 8.29. The molecule has 4 rings (SSSR count). The molecule has 0 bridgehead atoms. The normalized spacial score (nSPS) is 18.7. The van der Waals surface area contributed by atoms with Crippen LogP contribution in [-0.4, -0.2) is 46.0 Å². The zero-order valence-corrected chi connectivity index (χ0v) is 14.7. The lowest BCUT2D eigenvalue weighted by Gasteiger charge is -2.30. The molecule has 1 aromatic carbocycles. The smallest absolute Gasteiger partial charge is 0.267 e. The molecule has 0 amide bonds. The molecule has 0 N–H and O–H groups in total. The highest BCUT2D eigenvalue weighted by molar-refractivity contribution is 7.89. The van der Waals surface area contributed by atoms with E-state index in [-0.39, 0.29) is 11.8 Å². The van der Waals surface area contributed by atoms with Crippen LogP contribution in [0.5, 0.6) is 0 Å². The lowest BCUT2D eigenvalue weighted by molar-refractivity contribution is 0.286. The van der Waals surface area contributed by atoms with Gasteiger partial charge in [0.15, 0.2) is 0 Å². The number of benzene rings is 1. The van der Waals surface area contributed by atoms with Crippen molar-refractivity contribution in [1.29, 1.82) is 0 Å². The van der Waals surface area contributed by atoms with Gasteiger partial charge in [0.2, 0.25) is 15.9 Å². The van der Waals surface area contributed by atoms with Crippen LogP contribution in [0.25, 0.3) is 11.6 Å². The molecular weight excluding hydrogens is 354 g/mol. The standard InChI is InChI=1S/C17H17N5O3S/c23-26(24,14-6-2-1-3-7-14)22-10-4-5-13(12-22)16-20-21-17(25-16)15-11-18-8-9-19-15/h1-3,6-9,11,13H,4-5,10,12H2/t13-/m1/s1. The maximum absolute atomic E-state index is 12.8. The fourth-order valence-corrected chi connectivity index (χ4v) is 4.56. The van der Waals surface area contributed by atoms with Crippen molar-refractivity contribution in [3.05, 3.63) is 54.8 Å². The van der Waals surface area contributed by atoms with E-state index < -0.39 is 10.0 Å². The van der Waals surface area contributed by atoms with Crippen LogP contribution in [0.4, 0.5) is 0 Å². The van der Waals surface area contributed by atoms with E-state index in [4.69, 9.17) is 4.42 Å². The van der Waals surface area contributed by atoms with Crippen LogP contribution in [0.2, 0.25) is 0 Å². The first-order valence-corrected chi connectivity index (χ1v) is 9.73. The van der Waals surface area contributed by atoms with Gasteiger partial charge < -0.3 is 4.42 Å². The molecule has 1 atom stereocenters. The molecule has 0 spiro atoms. The van der Waals surface area contributed by atoms with Crippen molar-refractivity contribution in [3.8, 4) is 11.6 Å². The van der Waals surface area contributed by atoms with Crippen molar-refractivity contribution in [2.45, 2.75) is 23.7 Å². The van der Waals surface area contributed by atoms with E-state index in [9.17, 15) is 8.42 Å². The fraction of sp³-hybridized carbons (Fsp3) is 0.294. The summed E-state index contributed by atoms with van der Waals surface area (Å²) >= 11 is 0. The average Bonchev–Trinajstić information content (AvgIpc) is 3.20. The van der Waals surface area contributed by atoms with E-state index in [2.05, 4.69) is 20.2 Å². The van der Waals surface area contributed by atoms with E-state index in [0.717, 1.165) is 12.8 Å². The molecule has 3 heterocycles. The largest absolute Gasteiger partial charge is 0.419 e. The second-order valence-electron chi connectivity index (χ2n) is 6.05. The summed E-state index contributed by atoms with van der Waals surface area (Å²) in [5.41, 5.74) is 0.496. The molecule has 8 nitrogen and oxygen atoms in total. The van der Waals surface area contributed by atoms with Gasteiger partial charge in [-0.05, 0) is 25.0 Å². The summed E-state index contributed by atoms with van der Waals surface area (Å²) in [4.78, 5) is 8.42. The van der Waals surface area contributed by atoms with Crippen molar-refractivity contribution in [1.82, 2.24) is 24.5 Å². The number of hydrogen-bond donors (Lipinski definition) is 0. The summed E-state index contributed by atoms with van der Waals surface area (Å²) in [5.74, 6) is 0.579. The van der Waals surface area contributed by atoms with Gasteiger partial charge in [0, 0.05) is 25.5 Å². The van der Waals surface area contributed by atoms with Crippen molar-refractivity contribution >= 4 is 10.0 Å². The second-order valence-corrected chi connectivity index (χ2v) is 7.99. The molecule has 134 valence electrons. The Bertz CT molecular complexity index is 976. The average molecular weight is 371 g/mol. The Morgan fingerprint density at radius 2 is 1.96 bits per heavy atom. The molecule has 1 aliphatic rings. The predicted molar refractivity (Wildman–Crippen MR) is 92.5 cm³/mol. The molecule has 0 radical (unpaired) electrons. The summed E-state index contributed by atoms with van der Waals surface area (Å²) in [6.07, 6.45) is 6.19. The van der Waals surface area contributed by atoms with Gasteiger partial charge in [-0.15, -0.1) is 10.2 Å². The van der Waals surface area contributed by atoms with Gasteiger partial charge >= 0.3 is 0 Å². The quantitative estimate of drug-likeness (QED) is 0.692. The zero-order chi connectivity index (χ0) is 18.0. The molecule has 0 unspecified atom stereocenters. The molecule has 0 saturated carbocycles. The minimum atomic E-state index is -3.53. The molecule has 9 heteroatoms. The number of hydrogen-bond acceptors (Lipinski definition) is 7. The summed E-state index contributed by atoms with van der Waals surface area (Å²) in [6, 6.07) is 8.46. The third-order valence-corrected chi connectivity index (χ3v) is 6.22. The number of piperidine rings is 1. The van der Waals surface area contributed by atoms with E-state index in [0.29, 0.717) is 29.6 Å². The number of sulfonamides is 1. The van der Waals surface area contributed by atoms with Crippen LogP contribution >= 0.6 is 0 Å². The van der Waals surface area contributed by atoms with Crippen LogP contribution in [0.1, 0.15) is 24.7 Å². The van der Waals surface area contributed by atoms with Gasteiger partial charge in [-0.2, -0.15) is 4.31 Å². The molecular formula is C17H17N5O3S. The Kier molecular flexibility index (Phi) is 4.48. The van der Waals surface area contributed by atoms with Crippen LogP contribution in [0.3, 0.4) is 0 Å². The topological polar surface area (TPSA) is 102 Å². The lowest BCUT2D eigenvalue weighted by Crippen LogP contribution is -2.39. The van der Waals surface area contributed by atoms with Gasteiger partial charge in [-0.1, -0.05) is 18.2 Å². The van der Waals surface area contributed by atoms with E-state index in [1.807, 2.05) is 0 Å². The van der Waals surface area contributed by atoms with Crippen LogP contribution in [0, 0.1) is 0 Å². The molecule has 1 fully saturated rings. The fourth-order valence-electron chi connectivity index (χ4n) is 3.02. The third-order valence-electron chi connectivity index (χ3n) is 4.34. The predicted octanol–water partition coefficient (Wildman–Crippen LogP) is 2.09. The maximum atomic E-state index is 12.8. The van der Waals surface area contributed by atoms with Gasteiger partial charge in [-0.25, -0.2) is 13.4 Å². The zero-order valence-electron chi connectivity index (χ0n) is 13.9. The van der Waals surface area contributed by atoms with E-state index in [1.54, 1.807) is 48.9 Å². The minimum absolute atomic E-state index is 0.139. The lowest BCUT2D eigenvalue weighted by atomic mass is 10.00. The first kappa shape index (κ1) is 16.8.